The van der Waals surface area contributed by atoms with Gasteiger partial charge in [0, 0.05) is 40.5 Å². The predicted molar refractivity (Wildman–Crippen MR) is 129 cm³/mol. The summed E-state index contributed by atoms with van der Waals surface area (Å²) in [6.07, 6.45) is 0.520. The average Bonchev–Trinajstić information content (AvgIpc) is 3.22. The normalized spacial score (nSPS) is 16.5. The van der Waals surface area contributed by atoms with Crippen LogP contribution in [-0.4, -0.2) is 59.6 Å². The minimum absolute atomic E-state index is 0.0890. The summed E-state index contributed by atoms with van der Waals surface area (Å²) < 4.78 is 5.47. The highest BCUT2D eigenvalue weighted by molar-refractivity contribution is 6.14. The molecule has 1 saturated heterocycles. The van der Waals surface area contributed by atoms with Crippen molar-refractivity contribution in [3.05, 3.63) is 70.8 Å². The molecule has 0 aliphatic carbocycles. The molecule has 1 fully saturated rings. The molecule has 0 bridgehead atoms. The van der Waals surface area contributed by atoms with Crippen molar-refractivity contribution in [1.29, 1.82) is 0 Å². The highest BCUT2D eigenvalue weighted by Gasteiger charge is 2.25. The van der Waals surface area contributed by atoms with Crippen molar-refractivity contribution in [3.8, 4) is 11.1 Å². The fourth-order valence-electron chi connectivity index (χ4n) is 4.54. The number of nitrogens with one attached hydrogen (secondary N) is 1. The fraction of sp³-hybridized carbons (Fsp3) is 0.259. The minimum Gasteiger partial charge on any atom is -0.394 e. The molecule has 1 aromatic heterocycles. The molecule has 1 amide bonds. The smallest absolute Gasteiger partial charge is 0.254 e. The third-order valence-electron chi connectivity index (χ3n) is 6.58. The monoisotopic (exact) mass is 442 g/mol. The maximum atomic E-state index is 13.2. The molecule has 33 heavy (non-hydrogen) atoms. The van der Waals surface area contributed by atoms with E-state index in [4.69, 9.17) is 4.74 Å². The third kappa shape index (κ3) is 3.81. The number of aldehydes is 1. The number of nitrogens with zero attached hydrogens (tertiary/aromatic N) is 1. The van der Waals surface area contributed by atoms with Gasteiger partial charge in [-0.1, -0.05) is 18.2 Å². The number of H-pyrrole nitrogens is 1. The number of ether oxygens (including phenoxy) is 1. The van der Waals surface area contributed by atoms with E-state index in [1.54, 1.807) is 11.0 Å². The van der Waals surface area contributed by atoms with Gasteiger partial charge in [0.15, 0.2) is 6.29 Å². The quantitative estimate of drug-likeness (QED) is 0.463. The Hall–Kier alpha value is -3.48. The number of aliphatic hydroxyl groups excluding tert-OH is 1. The summed E-state index contributed by atoms with van der Waals surface area (Å²) in [4.78, 5) is 30.2. The van der Waals surface area contributed by atoms with Crippen LogP contribution in [0.15, 0.2) is 48.5 Å². The fourth-order valence-corrected chi connectivity index (χ4v) is 4.54. The lowest BCUT2D eigenvalue weighted by Crippen LogP contribution is -2.46. The van der Waals surface area contributed by atoms with Gasteiger partial charge in [-0.3, -0.25) is 9.59 Å². The van der Waals surface area contributed by atoms with Crippen LogP contribution in [0.2, 0.25) is 0 Å². The number of benzene rings is 3. The standard InChI is InChI=1S/C27H26N2O4/c1-16-3-4-18(9-17(16)2)20-10-21(14-30)26-24(12-20)23-11-19(5-6-25(23)28-26)27(32)29-7-8-33-22(13-29)15-31/h3-6,9-12,14,22,28,31H,7-8,13,15H2,1-2H3. The van der Waals surface area contributed by atoms with Crippen molar-refractivity contribution in [2.45, 2.75) is 20.0 Å². The zero-order valence-corrected chi connectivity index (χ0v) is 18.7. The van der Waals surface area contributed by atoms with E-state index in [2.05, 4.69) is 43.1 Å². The second-order valence-corrected chi connectivity index (χ2v) is 8.72. The minimum atomic E-state index is -0.352. The summed E-state index contributed by atoms with van der Waals surface area (Å²) in [5, 5.41) is 11.2. The van der Waals surface area contributed by atoms with Gasteiger partial charge in [-0.15, -0.1) is 0 Å². The largest absolute Gasteiger partial charge is 0.394 e. The molecule has 1 aliphatic rings. The van der Waals surface area contributed by atoms with Crippen molar-refractivity contribution in [1.82, 2.24) is 9.88 Å². The molecule has 168 valence electrons. The Bertz CT molecular complexity index is 1390. The lowest BCUT2D eigenvalue weighted by Gasteiger charge is -2.32. The third-order valence-corrected chi connectivity index (χ3v) is 6.58. The van der Waals surface area contributed by atoms with Gasteiger partial charge < -0.3 is 19.7 Å². The van der Waals surface area contributed by atoms with Crippen LogP contribution in [0.3, 0.4) is 0 Å². The first-order chi connectivity index (χ1) is 16.0. The lowest BCUT2D eigenvalue weighted by molar-refractivity contribution is -0.0447. The van der Waals surface area contributed by atoms with Crippen LogP contribution in [0.25, 0.3) is 32.9 Å². The van der Waals surface area contributed by atoms with Crippen LogP contribution < -0.4 is 0 Å². The first-order valence-electron chi connectivity index (χ1n) is 11.1. The molecule has 1 aliphatic heterocycles. The summed E-state index contributed by atoms with van der Waals surface area (Å²) in [6.45, 7) is 5.32. The molecule has 0 saturated carbocycles. The van der Waals surface area contributed by atoms with E-state index < -0.39 is 0 Å². The summed E-state index contributed by atoms with van der Waals surface area (Å²) in [6, 6.07) is 15.8. The molecule has 4 aromatic rings. The van der Waals surface area contributed by atoms with Crippen LogP contribution in [0.5, 0.6) is 0 Å². The second-order valence-electron chi connectivity index (χ2n) is 8.72. The molecule has 1 atom stereocenters. The number of rotatable bonds is 4. The highest BCUT2D eigenvalue weighted by Crippen LogP contribution is 2.33. The molecule has 6 heteroatoms. The molecular formula is C27H26N2O4. The van der Waals surface area contributed by atoms with Crippen molar-refractivity contribution in [2.24, 2.45) is 0 Å². The van der Waals surface area contributed by atoms with E-state index in [0.717, 1.165) is 39.2 Å². The number of carbonyl (C=O) groups excluding carboxylic acids is 2. The number of aromatic nitrogens is 1. The number of amides is 1. The van der Waals surface area contributed by atoms with E-state index in [-0.39, 0.29) is 18.6 Å². The van der Waals surface area contributed by atoms with Gasteiger partial charge in [0.05, 0.1) is 24.8 Å². The summed E-state index contributed by atoms with van der Waals surface area (Å²) in [7, 11) is 0. The number of aromatic amines is 1. The van der Waals surface area contributed by atoms with Gasteiger partial charge in [0.1, 0.15) is 0 Å². The van der Waals surface area contributed by atoms with Crippen LogP contribution in [0.4, 0.5) is 0 Å². The average molecular weight is 443 g/mol. The second kappa shape index (κ2) is 8.46. The van der Waals surface area contributed by atoms with Crippen LogP contribution in [0, 0.1) is 13.8 Å². The van der Waals surface area contributed by atoms with Gasteiger partial charge >= 0.3 is 0 Å². The Labute approximate surface area is 191 Å². The number of aryl methyl sites for hydroxylation is 2. The number of fused-ring (bicyclic) bond motifs is 3. The molecule has 6 nitrogen and oxygen atoms in total. The highest BCUT2D eigenvalue weighted by atomic mass is 16.5. The Morgan fingerprint density at radius 3 is 2.70 bits per heavy atom. The molecule has 0 spiro atoms. The first-order valence-corrected chi connectivity index (χ1v) is 11.1. The van der Waals surface area contributed by atoms with E-state index >= 15 is 0 Å². The molecule has 0 radical (unpaired) electrons. The van der Waals surface area contributed by atoms with Gasteiger partial charge in [-0.25, -0.2) is 0 Å². The van der Waals surface area contributed by atoms with E-state index in [9.17, 15) is 14.7 Å². The molecule has 5 rings (SSSR count). The van der Waals surface area contributed by atoms with Gasteiger partial charge in [-0.05, 0) is 66.4 Å². The predicted octanol–water partition coefficient (Wildman–Crippen LogP) is 4.25. The van der Waals surface area contributed by atoms with Crippen LogP contribution in [-0.2, 0) is 4.74 Å². The van der Waals surface area contributed by atoms with Crippen molar-refractivity contribution < 1.29 is 19.4 Å². The maximum absolute atomic E-state index is 13.2. The molecule has 1 unspecified atom stereocenters. The topological polar surface area (TPSA) is 82.6 Å². The molecular weight excluding hydrogens is 416 g/mol. The van der Waals surface area contributed by atoms with Crippen molar-refractivity contribution >= 4 is 34.0 Å². The maximum Gasteiger partial charge on any atom is 0.254 e. The summed E-state index contributed by atoms with van der Waals surface area (Å²) in [5.41, 5.74) is 7.23. The van der Waals surface area contributed by atoms with Gasteiger partial charge in [0.2, 0.25) is 0 Å². The van der Waals surface area contributed by atoms with E-state index in [1.165, 1.54) is 11.1 Å². The lowest BCUT2D eigenvalue weighted by atomic mass is 9.96. The number of morpholine rings is 1. The number of hydrogen-bond donors (Lipinski definition) is 2. The number of aliphatic hydroxyl groups is 1. The Morgan fingerprint density at radius 2 is 1.94 bits per heavy atom. The van der Waals surface area contributed by atoms with Crippen LogP contribution in [0.1, 0.15) is 31.8 Å². The van der Waals surface area contributed by atoms with Crippen molar-refractivity contribution in [2.75, 3.05) is 26.3 Å². The molecule has 3 aromatic carbocycles. The first kappa shape index (κ1) is 21.4. The zero-order chi connectivity index (χ0) is 23.1. The molecule has 2 N–H and O–H groups in total. The summed E-state index contributed by atoms with van der Waals surface area (Å²) >= 11 is 0. The zero-order valence-electron chi connectivity index (χ0n) is 18.7. The Balaban J connectivity index is 1.62. The number of carbonyl (C=O) groups is 2. The Morgan fingerprint density at radius 1 is 1.09 bits per heavy atom. The summed E-state index contributed by atoms with van der Waals surface area (Å²) in [5.74, 6) is -0.0890. The van der Waals surface area contributed by atoms with Crippen LogP contribution >= 0.6 is 0 Å². The van der Waals surface area contributed by atoms with Gasteiger partial charge in [0.25, 0.3) is 5.91 Å². The number of hydrogen-bond acceptors (Lipinski definition) is 4. The SMILES string of the molecule is Cc1ccc(-c2cc(C=O)c3[nH]c4ccc(C(=O)N5CCOC(CO)C5)cc4c3c2)cc1C. The van der Waals surface area contributed by atoms with Crippen molar-refractivity contribution in [3.63, 3.8) is 0 Å². The molecule has 2 heterocycles. The van der Waals surface area contributed by atoms with E-state index in [1.807, 2.05) is 18.2 Å². The van der Waals surface area contributed by atoms with Gasteiger partial charge in [-0.2, -0.15) is 0 Å². The van der Waals surface area contributed by atoms with E-state index in [0.29, 0.717) is 30.8 Å². The Kier molecular flexibility index (Phi) is 5.48.